The third kappa shape index (κ3) is 5.28. The second-order valence-electron chi connectivity index (χ2n) is 7.68. The molecule has 1 unspecified atom stereocenters. The van der Waals surface area contributed by atoms with E-state index in [4.69, 9.17) is 5.73 Å². The van der Waals surface area contributed by atoms with Gasteiger partial charge in [0.25, 0.3) is 0 Å². The van der Waals surface area contributed by atoms with Crippen LogP contribution in [0, 0.1) is 5.82 Å². The lowest BCUT2D eigenvalue weighted by molar-refractivity contribution is -0.135. The maximum absolute atomic E-state index is 13.2. The number of rotatable bonds is 4. The van der Waals surface area contributed by atoms with E-state index in [0.717, 1.165) is 24.9 Å². The summed E-state index contributed by atoms with van der Waals surface area (Å²) >= 11 is 0. The van der Waals surface area contributed by atoms with Crippen LogP contribution in [0.4, 0.5) is 4.39 Å². The van der Waals surface area contributed by atoms with Gasteiger partial charge in [0.1, 0.15) is 5.82 Å². The Morgan fingerprint density at radius 2 is 1.72 bits per heavy atom. The van der Waals surface area contributed by atoms with Crippen LogP contribution in [0.25, 0.3) is 0 Å². The van der Waals surface area contributed by atoms with Gasteiger partial charge in [0.15, 0.2) is 0 Å². The largest absolute Gasteiger partial charge is 0.339 e. The maximum atomic E-state index is 13.2. The van der Waals surface area contributed by atoms with Crippen LogP contribution in [-0.2, 0) is 11.3 Å². The maximum Gasteiger partial charge on any atom is 0.240 e. The summed E-state index contributed by atoms with van der Waals surface area (Å²) in [6.07, 6.45) is 1.89. The number of benzene rings is 2. The van der Waals surface area contributed by atoms with Gasteiger partial charge in [-0.1, -0.05) is 42.5 Å². The Hall–Kier alpha value is -1.66. The van der Waals surface area contributed by atoms with Gasteiger partial charge in [0, 0.05) is 31.6 Å². The van der Waals surface area contributed by atoms with Crippen LogP contribution < -0.4 is 5.73 Å². The monoisotopic (exact) mass is 439 g/mol. The molecule has 2 fully saturated rings. The summed E-state index contributed by atoms with van der Waals surface area (Å²) in [7, 11) is 0. The van der Waals surface area contributed by atoms with Crippen molar-refractivity contribution in [2.24, 2.45) is 5.73 Å². The molecule has 7 heteroatoms. The normalized spacial score (nSPS) is 24.1. The Kier molecular flexibility index (Phi) is 8.46. The van der Waals surface area contributed by atoms with Crippen LogP contribution in [0.5, 0.6) is 0 Å². The molecule has 4 rings (SSSR count). The number of amides is 1. The highest BCUT2D eigenvalue weighted by Crippen LogP contribution is 2.29. The first-order valence-electron chi connectivity index (χ1n) is 9.69. The minimum Gasteiger partial charge on any atom is -0.339 e. The van der Waals surface area contributed by atoms with Gasteiger partial charge in [-0.15, -0.1) is 24.8 Å². The van der Waals surface area contributed by atoms with Gasteiger partial charge >= 0.3 is 0 Å². The van der Waals surface area contributed by atoms with E-state index in [1.807, 2.05) is 23.1 Å². The Bertz CT molecular complexity index is 790. The molecule has 0 bridgehead atoms. The highest BCUT2D eigenvalue weighted by molar-refractivity contribution is 5.85. The lowest BCUT2D eigenvalue weighted by atomic mass is 9.95. The van der Waals surface area contributed by atoms with E-state index >= 15 is 0 Å². The van der Waals surface area contributed by atoms with Crippen molar-refractivity contribution in [3.05, 3.63) is 71.5 Å². The molecule has 2 aromatic rings. The van der Waals surface area contributed by atoms with Gasteiger partial charge in [0.05, 0.1) is 6.04 Å². The predicted molar refractivity (Wildman–Crippen MR) is 118 cm³/mol. The van der Waals surface area contributed by atoms with Crippen LogP contribution in [0.2, 0.25) is 0 Å². The summed E-state index contributed by atoms with van der Waals surface area (Å²) in [5, 5.41) is 0. The minimum absolute atomic E-state index is 0. The fraction of sp³-hybridized carbons (Fsp3) is 0.409. The zero-order valence-corrected chi connectivity index (χ0v) is 17.9. The highest BCUT2D eigenvalue weighted by atomic mass is 35.5. The quantitative estimate of drug-likeness (QED) is 0.791. The summed E-state index contributed by atoms with van der Waals surface area (Å²) in [6, 6.07) is 16.7. The van der Waals surface area contributed by atoms with Gasteiger partial charge in [0.2, 0.25) is 5.91 Å². The fourth-order valence-corrected chi connectivity index (χ4v) is 4.39. The Morgan fingerprint density at radius 3 is 2.41 bits per heavy atom. The summed E-state index contributed by atoms with van der Waals surface area (Å²) in [5.41, 5.74) is 8.61. The molecule has 2 heterocycles. The molecule has 0 aliphatic carbocycles. The van der Waals surface area contributed by atoms with Crippen molar-refractivity contribution in [1.29, 1.82) is 0 Å². The molecule has 2 N–H and O–H groups in total. The molecule has 158 valence electrons. The number of halogens is 3. The number of nitrogens with zero attached hydrogens (tertiary/aromatic N) is 2. The summed E-state index contributed by atoms with van der Waals surface area (Å²) in [4.78, 5) is 17.4. The number of nitrogens with two attached hydrogens (primary N) is 1. The van der Waals surface area contributed by atoms with E-state index in [1.165, 1.54) is 17.7 Å². The lowest BCUT2D eigenvalue weighted by Gasteiger charge is -2.28. The average Bonchev–Trinajstić information content (AvgIpc) is 3.30. The van der Waals surface area contributed by atoms with Crippen LogP contribution in [0.15, 0.2) is 54.6 Å². The molecule has 2 aliphatic rings. The first kappa shape index (κ1) is 23.6. The Morgan fingerprint density at radius 1 is 1.03 bits per heavy atom. The van der Waals surface area contributed by atoms with E-state index in [2.05, 4.69) is 17.0 Å². The van der Waals surface area contributed by atoms with Crippen molar-refractivity contribution in [3.8, 4) is 0 Å². The second-order valence-corrected chi connectivity index (χ2v) is 7.68. The molecular weight excluding hydrogens is 412 g/mol. The van der Waals surface area contributed by atoms with E-state index in [-0.39, 0.29) is 54.5 Å². The zero-order chi connectivity index (χ0) is 18.8. The molecule has 1 amide bonds. The van der Waals surface area contributed by atoms with Crippen molar-refractivity contribution in [2.45, 2.75) is 37.4 Å². The topological polar surface area (TPSA) is 49.6 Å². The van der Waals surface area contributed by atoms with E-state index in [1.54, 1.807) is 12.1 Å². The van der Waals surface area contributed by atoms with Crippen LogP contribution in [0.3, 0.4) is 0 Å². The first-order chi connectivity index (χ1) is 13.1. The van der Waals surface area contributed by atoms with Crippen molar-refractivity contribution >= 4 is 30.7 Å². The number of likely N-dealkylation sites (tertiary alicyclic amines) is 2. The summed E-state index contributed by atoms with van der Waals surface area (Å²) < 4.78 is 13.1. The lowest BCUT2D eigenvalue weighted by Crippen LogP contribution is -2.45. The Balaban J connectivity index is 0.00000150. The van der Waals surface area contributed by atoms with E-state index < -0.39 is 0 Å². The molecule has 4 nitrogen and oxygen atoms in total. The SMILES string of the molecule is Cl.Cl.N[C@@H]1CN(C(=O)C2CCCN2Cc2ccc(F)cc2)C[C@H]1c1ccccc1. The third-order valence-corrected chi connectivity index (χ3v) is 5.85. The minimum atomic E-state index is -0.231. The average molecular weight is 440 g/mol. The second kappa shape index (κ2) is 10.4. The van der Waals surface area contributed by atoms with Crippen LogP contribution >= 0.6 is 24.8 Å². The van der Waals surface area contributed by atoms with Crippen LogP contribution in [-0.4, -0.2) is 47.4 Å². The van der Waals surface area contributed by atoms with E-state index in [0.29, 0.717) is 19.6 Å². The van der Waals surface area contributed by atoms with Gasteiger partial charge in [-0.25, -0.2) is 4.39 Å². The van der Waals surface area contributed by atoms with Gasteiger partial charge < -0.3 is 10.6 Å². The van der Waals surface area contributed by atoms with Gasteiger partial charge in [-0.2, -0.15) is 0 Å². The van der Waals surface area contributed by atoms with Gasteiger partial charge in [-0.3, -0.25) is 9.69 Å². The van der Waals surface area contributed by atoms with Crippen molar-refractivity contribution in [1.82, 2.24) is 9.80 Å². The van der Waals surface area contributed by atoms with Crippen molar-refractivity contribution < 1.29 is 9.18 Å². The molecule has 0 radical (unpaired) electrons. The molecule has 3 atom stereocenters. The molecule has 0 saturated carbocycles. The molecule has 2 saturated heterocycles. The predicted octanol–water partition coefficient (Wildman–Crippen LogP) is 3.59. The molecule has 0 aromatic heterocycles. The summed E-state index contributed by atoms with van der Waals surface area (Å²) in [6.45, 7) is 2.87. The molecule has 29 heavy (non-hydrogen) atoms. The summed E-state index contributed by atoms with van der Waals surface area (Å²) in [5.74, 6) is 0.149. The molecule has 0 spiro atoms. The third-order valence-electron chi connectivity index (χ3n) is 5.85. The highest BCUT2D eigenvalue weighted by Gasteiger charge is 2.39. The first-order valence-corrected chi connectivity index (χ1v) is 9.69. The van der Waals surface area contributed by atoms with Gasteiger partial charge in [-0.05, 0) is 42.6 Å². The zero-order valence-electron chi connectivity index (χ0n) is 16.2. The fourth-order valence-electron chi connectivity index (χ4n) is 4.39. The standard InChI is InChI=1S/C22H26FN3O.2ClH/c23-18-10-8-16(9-11-18)13-25-12-4-7-21(25)22(27)26-14-19(20(24)15-26)17-5-2-1-3-6-17;;/h1-3,5-6,8-11,19-21H,4,7,12-15,24H2;2*1H/t19-,20+,21?;;/m0../s1. The van der Waals surface area contributed by atoms with E-state index in [9.17, 15) is 9.18 Å². The van der Waals surface area contributed by atoms with Crippen LogP contribution in [0.1, 0.15) is 29.9 Å². The number of hydrogen-bond donors (Lipinski definition) is 1. The van der Waals surface area contributed by atoms with Crippen molar-refractivity contribution in [2.75, 3.05) is 19.6 Å². The van der Waals surface area contributed by atoms with Crippen molar-refractivity contribution in [3.63, 3.8) is 0 Å². The molecular formula is C22H28Cl2FN3O. The molecule has 2 aromatic carbocycles. The number of hydrogen-bond acceptors (Lipinski definition) is 3. The molecule has 2 aliphatic heterocycles. The number of carbonyl (C=O) groups is 1. The number of carbonyl (C=O) groups excluding carboxylic acids is 1. The Labute approximate surface area is 184 Å². The smallest absolute Gasteiger partial charge is 0.240 e.